The van der Waals surface area contributed by atoms with Crippen LogP contribution in [0.1, 0.15) is 40.7 Å². The molecule has 4 nitrogen and oxygen atoms in total. The van der Waals surface area contributed by atoms with Crippen molar-refractivity contribution in [2.45, 2.75) is 44.0 Å². The molecule has 0 radical (unpaired) electrons. The van der Waals surface area contributed by atoms with Gasteiger partial charge in [0.15, 0.2) is 0 Å². The summed E-state index contributed by atoms with van der Waals surface area (Å²) in [4.78, 5) is 14.7. The number of carbonyl (C=O) groups is 1. The monoisotopic (exact) mass is 375 g/mol. The standard InChI is InChI=1S/C21H29NO3S/c1-15-3-4-18(9-16(15)2)20(23)22-13-21(14-22)10-19(12-26-21)25-11-17-5-7-24-8-6-17/h3-4,9,17,19H,5-8,10-14H2,1-2H3/t19-/m0/s1. The van der Waals surface area contributed by atoms with Gasteiger partial charge in [-0.05, 0) is 62.3 Å². The molecule has 0 saturated carbocycles. The third-order valence-corrected chi connectivity index (χ3v) is 7.66. The van der Waals surface area contributed by atoms with Crippen LogP contribution in [0, 0.1) is 19.8 Å². The summed E-state index contributed by atoms with van der Waals surface area (Å²) in [5, 5.41) is 0. The average Bonchev–Trinajstić information content (AvgIpc) is 3.06. The Balaban J connectivity index is 1.26. The maximum Gasteiger partial charge on any atom is 0.253 e. The van der Waals surface area contributed by atoms with Gasteiger partial charge in [0.05, 0.1) is 10.9 Å². The van der Waals surface area contributed by atoms with E-state index in [4.69, 9.17) is 9.47 Å². The second kappa shape index (κ2) is 7.53. The number of aryl methyl sites for hydroxylation is 2. The van der Waals surface area contributed by atoms with E-state index in [1.165, 1.54) is 11.1 Å². The first-order valence-corrected chi connectivity index (χ1v) is 10.7. The molecule has 26 heavy (non-hydrogen) atoms. The van der Waals surface area contributed by atoms with Crippen molar-refractivity contribution in [3.8, 4) is 0 Å². The number of hydrogen-bond acceptors (Lipinski definition) is 4. The number of likely N-dealkylation sites (tertiary alicyclic amines) is 1. The van der Waals surface area contributed by atoms with E-state index in [1.54, 1.807) is 0 Å². The van der Waals surface area contributed by atoms with Crippen molar-refractivity contribution in [2.24, 2.45) is 5.92 Å². The van der Waals surface area contributed by atoms with Crippen LogP contribution in [-0.2, 0) is 9.47 Å². The van der Waals surface area contributed by atoms with Gasteiger partial charge in [0.1, 0.15) is 0 Å². The van der Waals surface area contributed by atoms with E-state index >= 15 is 0 Å². The number of amides is 1. The molecular formula is C21H29NO3S. The summed E-state index contributed by atoms with van der Waals surface area (Å²) in [6.07, 6.45) is 3.69. The first kappa shape index (κ1) is 18.3. The van der Waals surface area contributed by atoms with Gasteiger partial charge in [-0.2, -0.15) is 0 Å². The van der Waals surface area contributed by atoms with Crippen LogP contribution in [0.15, 0.2) is 18.2 Å². The average molecular weight is 376 g/mol. The van der Waals surface area contributed by atoms with Crippen molar-refractivity contribution in [2.75, 3.05) is 38.7 Å². The van der Waals surface area contributed by atoms with Crippen molar-refractivity contribution in [1.29, 1.82) is 0 Å². The summed E-state index contributed by atoms with van der Waals surface area (Å²) in [6, 6.07) is 6.02. The Hall–Kier alpha value is -1.04. The van der Waals surface area contributed by atoms with Crippen molar-refractivity contribution in [1.82, 2.24) is 4.90 Å². The summed E-state index contributed by atoms with van der Waals surface area (Å²) < 4.78 is 11.9. The highest BCUT2D eigenvalue weighted by atomic mass is 32.2. The molecule has 1 amide bonds. The van der Waals surface area contributed by atoms with Crippen molar-refractivity contribution in [3.63, 3.8) is 0 Å². The molecule has 0 N–H and O–H groups in total. The summed E-state index contributed by atoms with van der Waals surface area (Å²) in [6.45, 7) is 8.51. The van der Waals surface area contributed by atoms with Crippen LogP contribution in [-0.4, -0.2) is 60.3 Å². The van der Waals surface area contributed by atoms with Gasteiger partial charge < -0.3 is 14.4 Å². The topological polar surface area (TPSA) is 38.8 Å². The lowest BCUT2D eigenvalue weighted by molar-refractivity contribution is -0.0118. The predicted octanol–water partition coefficient (Wildman–Crippen LogP) is 3.45. The molecule has 3 aliphatic heterocycles. The van der Waals surface area contributed by atoms with E-state index in [-0.39, 0.29) is 10.7 Å². The Morgan fingerprint density at radius 2 is 2.04 bits per heavy atom. The van der Waals surface area contributed by atoms with E-state index in [1.807, 2.05) is 34.9 Å². The van der Waals surface area contributed by atoms with Gasteiger partial charge in [0.25, 0.3) is 5.91 Å². The first-order chi connectivity index (χ1) is 12.5. The largest absolute Gasteiger partial charge is 0.381 e. The third kappa shape index (κ3) is 3.80. The first-order valence-electron chi connectivity index (χ1n) is 9.74. The molecule has 0 aliphatic carbocycles. The fourth-order valence-electron chi connectivity index (χ4n) is 4.17. The van der Waals surface area contributed by atoms with Crippen LogP contribution >= 0.6 is 11.8 Å². The second-order valence-electron chi connectivity index (χ2n) is 8.17. The van der Waals surface area contributed by atoms with Crippen LogP contribution < -0.4 is 0 Å². The predicted molar refractivity (Wildman–Crippen MR) is 105 cm³/mol. The highest BCUT2D eigenvalue weighted by Crippen LogP contribution is 2.46. The van der Waals surface area contributed by atoms with Crippen molar-refractivity contribution >= 4 is 17.7 Å². The molecule has 0 bridgehead atoms. The number of hydrogen-bond donors (Lipinski definition) is 0. The number of rotatable bonds is 4. The lowest BCUT2D eigenvalue weighted by atomic mass is 9.91. The minimum absolute atomic E-state index is 0.172. The Morgan fingerprint density at radius 1 is 1.27 bits per heavy atom. The SMILES string of the molecule is Cc1ccc(C(=O)N2CC3(C[C@H](OCC4CCOCC4)CS3)C2)cc1C. The molecule has 0 aromatic heterocycles. The van der Waals surface area contributed by atoms with Crippen molar-refractivity contribution in [3.05, 3.63) is 34.9 Å². The van der Waals surface area contributed by atoms with Gasteiger partial charge in [-0.15, -0.1) is 11.8 Å². The highest BCUT2D eigenvalue weighted by Gasteiger charge is 2.51. The maximum absolute atomic E-state index is 12.7. The summed E-state index contributed by atoms with van der Waals surface area (Å²) in [7, 11) is 0. The van der Waals surface area contributed by atoms with E-state index in [0.717, 1.165) is 63.5 Å². The fraction of sp³-hybridized carbons (Fsp3) is 0.667. The van der Waals surface area contributed by atoms with Crippen LogP contribution in [0.25, 0.3) is 0 Å². The van der Waals surface area contributed by atoms with E-state index in [9.17, 15) is 4.79 Å². The van der Waals surface area contributed by atoms with Gasteiger partial charge in [-0.1, -0.05) is 6.07 Å². The Kier molecular flexibility index (Phi) is 5.31. The molecule has 1 atom stereocenters. The zero-order valence-corrected chi connectivity index (χ0v) is 16.6. The molecule has 5 heteroatoms. The summed E-state index contributed by atoms with van der Waals surface area (Å²) >= 11 is 2.00. The number of thioether (sulfide) groups is 1. The van der Waals surface area contributed by atoms with Gasteiger partial charge in [-0.25, -0.2) is 0 Å². The lowest BCUT2D eigenvalue weighted by Gasteiger charge is -2.47. The number of carbonyl (C=O) groups excluding carboxylic acids is 1. The maximum atomic E-state index is 12.7. The summed E-state index contributed by atoms with van der Waals surface area (Å²) in [5.41, 5.74) is 3.23. The molecule has 3 heterocycles. The fourth-order valence-corrected chi connectivity index (χ4v) is 5.72. The quantitative estimate of drug-likeness (QED) is 0.808. The molecule has 1 aromatic rings. The molecular weight excluding hydrogens is 346 g/mol. The smallest absolute Gasteiger partial charge is 0.253 e. The Labute approximate surface area is 160 Å². The minimum atomic E-state index is 0.172. The van der Waals surface area contributed by atoms with Crippen LogP contribution in [0.5, 0.6) is 0 Å². The molecule has 0 unspecified atom stereocenters. The molecule has 142 valence electrons. The van der Waals surface area contributed by atoms with Gasteiger partial charge >= 0.3 is 0 Å². The second-order valence-corrected chi connectivity index (χ2v) is 9.66. The van der Waals surface area contributed by atoms with Crippen LogP contribution in [0.4, 0.5) is 0 Å². The van der Waals surface area contributed by atoms with Gasteiger partial charge in [0, 0.05) is 44.2 Å². The minimum Gasteiger partial charge on any atom is -0.381 e. The number of benzene rings is 1. The number of ether oxygens (including phenoxy) is 2. The third-order valence-electron chi connectivity index (χ3n) is 6.08. The summed E-state index contributed by atoms with van der Waals surface area (Å²) in [5.74, 6) is 1.90. The normalized spacial score (nSPS) is 25.5. The molecule has 3 saturated heterocycles. The van der Waals surface area contributed by atoms with Crippen LogP contribution in [0.3, 0.4) is 0 Å². The Bertz CT molecular complexity index is 665. The van der Waals surface area contributed by atoms with E-state index in [2.05, 4.69) is 13.8 Å². The molecule has 3 aliphatic rings. The van der Waals surface area contributed by atoms with E-state index < -0.39 is 0 Å². The van der Waals surface area contributed by atoms with Gasteiger partial charge in [0.2, 0.25) is 0 Å². The molecule has 1 aromatic carbocycles. The molecule has 3 fully saturated rings. The zero-order valence-electron chi connectivity index (χ0n) is 15.8. The van der Waals surface area contributed by atoms with Crippen molar-refractivity contribution < 1.29 is 14.3 Å². The highest BCUT2D eigenvalue weighted by molar-refractivity contribution is 8.01. The van der Waals surface area contributed by atoms with Gasteiger partial charge in [-0.3, -0.25) is 4.79 Å². The Morgan fingerprint density at radius 3 is 2.77 bits per heavy atom. The molecule has 1 spiro atoms. The zero-order chi connectivity index (χ0) is 18.1. The lowest BCUT2D eigenvalue weighted by Crippen LogP contribution is -2.60. The number of nitrogens with zero attached hydrogens (tertiary/aromatic N) is 1. The molecule has 4 rings (SSSR count). The van der Waals surface area contributed by atoms with E-state index in [0.29, 0.717) is 12.0 Å². The van der Waals surface area contributed by atoms with Crippen LogP contribution in [0.2, 0.25) is 0 Å².